The van der Waals surface area contributed by atoms with E-state index in [9.17, 15) is 4.79 Å². The molecule has 116 valence electrons. The highest BCUT2D eigenvalue weighted by Gasteiger charge is 2.17. The Kier molecular flexibility index (Phi) is 5.17. The lowest BCUT2D eigenvalue weighted by molar-refractivity contribution is 0.0743. The van der Waals surface area contributed by atoms with E-state index in [4.69, 9.17) is 0 Å². The Morgan fingerprint density at radius 1 is 1.04 bits per heavy atom. The van der Waals surface area contributed by atoms with Gasteiger partial charge in [-0.15, -0.1) is 0 Å². The van der Waals surface area contributed by atoms with Crippen LogP contribution < -0.4 is 0 Å². The summed E-state index contributed by atoms with van der Waals surface area (Å²) in [5.41, 5.74) is 2.89. The van der Waals surface area contributed by atoms with Crippen molar-refractivity contribution >= 4 is 17.2 Å². The highest BCUT2D eigenvalue weighted by atomic mass is 32.1. The Morgan fingerprint density at radius 2 is 1.87 bits per heavy atom. The average molecular weight is 322 g/mol. The van der Waals surface area contributed by atoms with Gasteiger partial charge in [-0.25, -0.2) is 0 Å². The van der Waals surface area contributed by atoms with Crippen molar-refractivity contribution in [1.29, 1.82) is 0 Å². The first-order valence-corrected chi connectivity index (χ1v) is 8.52. The van der Waals surface area contributed by atoms with Crippen LogP contribution in [0.2, 0.25) is 0 Å². The summed E-state index contributed by atoms with van der Waals surface area (Å²) in [5.74, 6) is 0.0628. The molecule has 0 spiro atoms. The van der Waals surface area contributed by atoms with Crippen LogP contribution in [0.15, 0.2) is 71.6 Å². The number of hydrogen-bond acceptors (Lipinski definition) is 3. The van der Waals surface area contributed by atoms with Gasteiger partial charge in [-0.3, -0.25) is 9.78 Å². The van der Waals surface area contributed by atoms with Crippen LogP contribution in [0.1, 0.15) is 21.6 Å². The molecule has 0 saturated heterocycles. The number of hydrogen-bond donors (Lipinski definition) is 0. The maximum atomic E-state index is 12.7. The zero-order valence-corrected chi connectivity index (χ0v) is 13.6. The summed E-state index contributed by atoms with van der Waals surface area (Å²) in [6, 6.07) is 17.9. The Balaban J connectivity index is 1.74. The minimum atomic E-state index is 0.0628. The maximum Gasteiger partial charge on any atom is 0.255 e. The third kappa shape index (κ3) is 4.27. The molecule has 2 aromatic heterocycles. The lowest BCUT2D eigenvalue weighted by Crippen LogP contribution is -2.32. The van der Waals surface area contributed by atoms with Gasteiger partial charge in [0.05, 0.1) is 17.8 Å². The molecule has 1 amide bonds. The average Bonchev–Trinajstić information content (AvgIpc) is 3.14. The van der Waals surface area contributed by atoms with E-state index in [0.29, 0.717) is 13.1 Å². The molecule has 3 nitrogen and oxygen atoms in total. The van der Waals surface area contributed by atoms with Gasteiger partial charge in [0.25, 0.3) is 5.91 Å². The van der Waals surface area contributed by atoms with E-state index in [1.54, 1.807) is 17.5 Å². The summed E-state index contributed by atoms with van der Waals surface area (Å²) in [7, 11) is 0. The lowest BCUT2D eigenvalue weighted by atomic mass is 10.1. The molecule has 0 bridgehead atoms. The molecule has 1 aromatic carbocycles. The zero-order chi connectivity index (χ0) is 15.9. The Bertz CT molecular complexity index is 727. The molecule has 0 radical (unpaired) electrons. The molecule has 0 aliphatic carbocycles. The topological polar surface area (TPSA) is 33.2 Å². The third-order valence-electron chi connectivity index (χ3n) is 3.65. The lowest BCUT2D eigenvalue weighted by Gasteiger charge is -2.22. The molecule has 0 unspecified atom stereocenters. The monoisotopic (exact) mass is 322 g/mol. The van der Waals surface area contributed by atoms with Gasteiger partial charge in [0.15, 0.2) is 0 Å². The molecule has 0 atom stereocenters. The quantitative estimate of drug-likeness (QED) is 0.686. The van der Waals surface area contributed by atoms with Crippen molar-refractivity contribution in [2.75, 3.05) is 6.54 Å². The molecule has 4 heteroatoms. The first-order valence-electron chi connectivity index (χ1n) is 7.58. The number of amides is 1. The fourth-order valence-electron chi connectivity index (χ4n) is 2.42. The Hall–Kier alpha value is -2.46. The molecule has 0 N–H and O–H groups in total. The van der Waals surface area contributed by atoms with Crippen molar-refractivity contribution in [3.8, 4) is 0 Å². The highest BCUT2D eigenvalue weighted by molar-refractivity contribution is 7.08. The summed E-state index contributed by atoms with van der Waals surface area (Å²) in [6.07, 6.45) is 2.60. The number of carbonyl (C=O) groups is 1. The van der Waals surface area contributed by atoms with Crippen molar-refractivity contribution < 1.29 is 4.79 Å². The van der Waals surface area contributed by atoms with E-state index in [1.807, 2.05) is 58.1 Å². The van der Waals surface area contributed by atoms with Gasteiger partial charge in [0.2, 0.25) is 0 Å². The van der Waals surface area contributed by atoms with Crippen molar-refractivity contribution in [2.24, 2.45) is 0 Å². The Morgan fingerprint density at radius 3 is 2.57 bits per heavy atom. The van der Waals surface area contributed by atoms with E-state index < -0.39 is 0 Å². The fourth-order valence-corrected chi connectivity index (χ4v) is 3.05. The van der Waals surface area contributed by atoms with E-state index in [0.717, 1.165) is 17.7 Å². The van der Waals surface area contributed by atoms with Gasteiger partial charge < -0.3 is 4.90 Å². The number of benzene rings is 1. The van der Waals surface area contributed by atoms with Gasteiger partial charge in [-0.2, -0.15) is 11.3 Å². The summed E-state index contributed by atoms with van der Waals surface area (Å²) >= 11 is 1.54. The molecular weight excluding hydrogens is 304 g/mol. The molecule has 0 saturated carbocycles. The molecule has 0 aliphatic heterocycles. The van der Waals surface area contributed by atoms with Gasteiger partial charge in [0, 0.05) is 18.1 Å². The number of pyridine rings is 1. The van der Waals surface area contributed by atoms with Gasteiger partial charge in [-0.05, 0) is 35.6 Å². The van der Waals surface area contributed by atoms with Crippen LogP contribution in [0.3, 0.4) is 0 Å². The van der Waals surface area contributed by atoms with E-state index >= 15 is 0 Å². The summed E-state index contributed by atoms with van der Waals surface area (Å²) in [4.78, 5) is 19.0. The normalized spacial score (nSPS) is 10.4. The van der Waals surface area contributed by atoms with Crippen molar-refractivity contribution in [1.82, 2.24) is 9.88 Å². The highest BCUT2D eigenvalue weighted by Crippen LogP contribution is 2.13. The molecular formula is C19H18N2OS. The molecule has 3 rings (SSSR count). The van der Waals surface area contributed by atoms with E-state index in [1.165, 1.54) is 5.56 Å². The number of nitrogens with zero attached hydrogens (tertiary/aromatic N) is 2. The van der Waals surface area contributed by atoms with Crippen molar-refractivity contribution in [2.45, 2.75) is 13.0 Å². The minimum absolute atomic E-state index is 0.0628. The van der Waals surface area contributed by atoms with Crippen LogP contribution in [0, 0.1) is 0 Å². The second-order valence-corrected chi connectivity index (χ2v) is 6.08. The molecule has 3 aromatic rings. The van der Waals surface area contributed by atoms with Crippen LogP contribution >= 0.6 is 11.3 Å². The number of carbonyl (C=O) groups excluding carboxylic acids is 1. The van der Waals surface area contributed by atoms with Gasteiger partial charge in [0.1, 0.15) is 0 Å². The second-order valence-electron chi connectivity index (χ2n) is 5.30. The predicted molar refractivity (Wildman–Crippen MR) is 93.4 cm³/mol. The van der Waals surface area contributed by atoms with Crippen LogP contribution in [0.5, 0.6) is 0 Å². The molecule has 0 fully saturated rings. The second kappa shape index (κ2) is 7.70. The SMILES string of the molecule is O=C(c1ccsc1)N(CCc1ccccc1)Cc1ccccn1. The first-order chi connectivity index (χ1) is 11.3. The third-order valence-corrected chi connectivity index (χ3v) is 4.33. The smallest absolute Gasteiger partial charge is 0.255 e. The summed E-state index contributed by atoms with van der Waals surface area (Å²) < 4.78 is 0. The van der Waals surface area contributed by atoms with Crippen molar-refractivity contribution in [3.05, 3.63) is 88.4 Å². The van der Waals surface area contributed by atoms with Crippen LogP contribution in [0.4, 0.5) is 0 Å². The molecule has 23 heavy (non-hydrogen) atoms. The molecule has 0 aliphatic rings. The van der Waals surface area contributed by atoms with Crippen LogP contribution in [-0.2, 0) is 13.0 Å². The van der Waals surface area contributed by atoms with Crippen LogP contribution in [0.25, 0.3) is 0 Å². The van der Waals surface area contributed by atoms with E-state index in [2.05, 4.69) is 17.1 Å². The summed E-state index contributed by atoms with van der Waals surface area (Å²) in [6.45, 7) is 1.21. The number of aromatic nitrogens is 1. The van der Waals surface area contributed by atoms with Gasteiger partial charge >= 0.3 is 0 Å². The summed E-state index contributed by atoms with van der Waals surface area (Å²) in [5, 5.41) is 3.83. The minimum Gasteiger partial charge on any atom is -0.332 e. The first kappa shape index (κ1) is 15.4. The number of rotatable bonds is 6. The van der Waals surface area contributed by atoms with Crippen LogP contribution in [-0.4, -0.2) is 22.3 Å². The predicted octanol–water partition coefficient (Wildman–Crippen LogP) is 4.03. The van der Waals surface area contributed by atoms with Crippen molar-refractivity contribution in [3.63, 3.8) is 0 Å². The fraction of sp³-hybridized carbons (Fsp3) is 0.158. The largest absolute Gasteiger partial charge is 0.332 e. The standard InChI is InChI=1S/C19H18N2OS/c22-19(17-10-13-23-15-17)21(14-18-8-4-5-11-20-18)12-9-16-6-2-1-3-7-16/h1-8,10-11,13,15H,9,12,14H2. The zero-order valence-electron chi connectivity index (χ0n) is 12.8. The number of thiophene rings is 1. The van der Waals surface area contributed by atoms with Gasteiger partial charge in [-0.1, -0.05) is 36.4 Å². The van der Waals surface area contributed by atoms with E-state index in [-0.39, 0.29) is 5.91 Å². The maximum absolute atomic E-state index is 12.7. The molecule has 2 heterocycles. The Labute approximate surface area is 140 Å².